The molecule has 11 heteroatoms. The van der Waals surface area contributed by atoms with Crippen LogP contribution in [-0.2, 0) is 30.9 Å². The Morgan fingerprint density at radius 1 is 0.806 bits per heavy atom. The molecule has 31 heavy (non-hydrogen) atoms. The summed E-state index contributed by atoms with van der Waals surface area (Å²) in [6, 6.07) is 9.43. The van der Waals surface area contributed by atoms with Gasteiger partial charge in [-0.1, -0.05) is 12.1 Å². The van der Waals surface area contributed by atoms with E-state index in [1.54, 1.807) is 24.3 Å². The summed E-state index contributed by atoms with van der Waals surface area (Å²) in [4.78, 5) is 23.2. The predicted octanol–water partition coefficient (Wildman–Crippen LogP) is 0.613. The molecule has 10 nitrogen and oxygen atoms in total. The van der Waals surface area contributed by atoms with Crippen molar-refractivity contribution in [1.29, 1.82) is 0 Å². The lowest BCUT2D eigenvalue weighted by Crippen LogP contribution is -2.22. The molecule has 2 amide bonds. The van der Waals surface area contributed by atoms with Crippen molar-refractivity contribution in [1.82, 2.24) is 0 Å². The molecular weight excluding hydrogens is 424 g/mol. The van der Waals surface area contributed by atoms with Crippen LogP contribution in [0, 0.1) is 0 Å². The molecule has 2 aromatic rings. The van der Waals surface area contributed by atoms with Gasteiger partial charge in [-0.05, 0) is 35.4 Å². The Balaban J connectivity index is 2.23. The Labute approximate surface area is 180 Å². The van der Waals surface area contributed by atoms with Crippen LogP contribution >= 0.6 is 0 Å². The second-order valence-electron chi connectivity index (χ2n) is 6.61. The number of sulfone groups is 1. The number of nitrogens with one attached hydrogen (secondary N) is 2. The smallest absolute Gasteiger partial charge is 0.238 e. The van der Waals surface area contributed by atoms with Gasteiger partial charge in [0.15, 0.2) is 9.84 Å². The highest BCUT2D eigenvalue weighted by Gasteiger charge is 2.17. The SMILES string of the molecule is COc1ccc(CS(=O)(=O)Cc2ccc(OC)c(NC(=O)CN)c2)cc1NC(=O)CN. The first-order valence-electron chi connectivity index (χ1n) is 9.25. The maximum absolute atomic E-state index is 12.8. The Bertz CT molecular complexity index is 978. The highest BCUT2D eigenvalue weighted by atomic mass is 32.2. The third-order valence-electron chi connectivity index (χ3n) is 4.22. The largest absolute Gasteiger partial charge is 0.495 e. The molecule has 0 aromatic heterocycles. The third kappa shape index (κ3) is 6.95. The Morgan fingerprint density at radius 2 is 1.19 bits per heavy atom. The van der Waals surface area contributed by atoms with Gasteiger partial charge >= 0.3 is 0 Å². The maximum atomic E-state index is 12.8. The van der Waals surface area contributed by atoms with E-state index in [9.17, 15) is 18.0 Å². The lowest BCUT2D eigenvalue weighted by Gasteiger charge is -2.13. The Kier molecular flexibility index (Phi) is 8.37. The molecule has 0 aliphatic heterocycles. The van der Waals surface area contributed by atoms with Crippen molar-refractivity contribution in [3.8, 4) is 11.5 Å². The fourth-order valence-electron chi connectivity index (χ4n) is 2.85. The van der Waals surface area contributed by atoms with Crippen molar-refractivity contribution in [2.75, 3.05) is 37.9 Å². The zero-order chi connectivity index (χ0) is 23.0. The predicted molar refractivity (Wildman–Crippen MR) is 118 cm³/mol. The molecule has 2 aromatic carbocycles. The van der Waals surface area contributed by atoms with Crippen molar-refractivity contribution >= 4 is 33.0 Å². The van der Waals surface area contributed by atoms with Crippen LogP contribution in [0.1, 0.15) is 11.1 Å². The molecule has 6 N–H and O–H groups in total. The molecule has 0 aliphatic carbocycles. The zero-order valence-electron chi connectivity index (χ0n) is 17.3. The average molecular weight is 451 g/mol. The van der Waals surface area contributed by atoms with Crippen molar-refractivity contribution in [2.24, 2.45) is 11.5 Å². The topological polar surface area (TPSA) is 163 Å². The normalized spacial score (nSPS) is 11.0. The summed E-state index contributed by atoms with van der Waals surface area (Å²) in [5.74, 6) is -0.609. The number of amides is 2. The second kappa shape index (κ2) is 10.8. The molecule has 0 aliphatic rings. The second-order valence-corrected chi connectivity index (χ2v) is 8.67. The van der Waals surface area contributed by atoms with E-state index in [4.69, 9.17) is 20.9 Å². The fraction of sp³-hybridized carbons (Fsp3) is 0.300. The lowest BCUT2D eigenvalue weighted by atomic mass is 10.2. The molecule has 0 radical (unpaired) electrons. The van der Waals surface area contributed by atoms with Crippen molar-refractivity contribution < 1.29 is 27.5 Å². The van der Waals surface area contributed by atoms with Crippen LogP contribution in [0.4, 0.5) is 11.4 Å². The highest BCUT2D eigenvalue weighted by molar-refractivity contribution is 7.89. The Hall–Kier alpha value is -3.15. The van der Waals surface area contributed by atoms with Crippen LogP contribution in [0.25, 0.3) is 0 Å². The van der Waals surface area contributed by atoms with E-state index in [1.165, 1.54) is 26.4 Å². The summed E-state index contributed by atoms with van der Waals surface area (Å²) < 4.78 is 35.9. The molecule has 0 bridgehead atoms. The van der Waals surface area contributed by atoms with Crippen LogP contribution in [0.3, 0.4) is 0 Å². The number of anilines is 2. The van der Waals surface area contributed by atoms with Crippen LogP contribution < -0.4 is 31.6 Å². The number of carbonyl (C=O) groups excluding carboxylic acids is 2. The number of carbonyl (C=O) groups is 2. The van der Waals surface area contributed by atoms with Gasteiger partial charge in [-0.15, -0.1) is 0 Å². The number of benzene rings is 2. The number of methoxy groups -OCH3 is 2. The fourth-order valence-corrected chi connectivity index (χ4v) is 4.32. The van der Waals surface area contributed by atoms with E-state index < -0.39 is 21.7 Å². The molecule has 0 fully saturated rings. The van der Waals surface area contributed by atoms with Crippen LogP contribution in [0.15, 0.2) is 36.4 Å². The standard InChI is InChI=1S/C20H26N4O6S/c1-29-17-5-3-13(7-15(17)23-19(25)9-21)11-31(27,28)12-14-4-6-18(30-2)16(8-14)24-20(26)10-22/h3-8H,9-12,21-22H2,1-2H3,(H,23,25)(H,24,26). The van der Waals surface area contributed by atoms with Gasteiger partial charge in [0.25, 0.3) is 0 Å². The minimum Gasteiger partial charge on any atom is -0.495 e. The summed E-state index contributed by atoms with van der Waals surface area (Å²) in [6.45, 7) is -0.432. The van der Waals surface area contributed by atoms with Gasteiger partial charge in [0.1, 0.15) is 11.5 Å². The molecule has 0 atom stereocenters. The van der Waals surface area contributed by atoms with E-state index in [0.717, 1.165) is 0 Å². The van der Waals surface area contributed by atoms with Gasteiger partial charge in [0.2, 0.25) is 11.8 Å². The van der Waals surface area contributed by atoms with Crippen LogP contribution in [-0.4, -0.2) is 47.5 Å². The minimum absolute atomic E-state index is 0.216. The first kappa shape index (κ1) is 24.1. The average Bonchev–Trinajstić information content (AvgIpc) is 2.73. The van der Waals surface area contributed by atoms with E-state index in [-0.39, 0.29) is 24.6 Å². The molecule has 2 rings (SSSR count). The number of rotatable bonds is 10. The monoisotopic (exact) mass is 450 g/mol. The van der Waals surface area contributed by atoms with Gasteiger partial charge in [0, 0.05) is 0 Å². The van der Waals surface area contributed by atoms with E-state index in [1.807, 2.05) is 0 Å². The summed E-state index contributed by atoms with van der Waals surface area (Å²) in [5, 5.41) is 5.17. The molecule has 0 saturated heterocycles. The van der Waals surface area contributed by atoms with Crippen LogP contribution in [0.5, 0.6) is 11.5 Å². The molecule has 0 heterocycles. The van der Waals surface area contributed by atoms with Gasteiger partial charge in [0.05, 0.1) is 50.2 Å². The summed E-state index contributed by atoms with van der Waals surface area (Å²) in [6.07, 6.45) is 0. The molecule has 0 unspecified atom stereocenters. The van der Waals surface area contributed by atoms with Crippen molar-refractivity contribution in [2.45, 2.75) is 11.5 Å². The van der Waals surface area contributed by atoms with Gasteiger partial charge in [-0.25, -0.2) is 8.42 Å². The zero-order valence-corrected chi connectivity index (χ0v) is 18.1. The van der Waals surface area contributed by atoms with Crippen molar-refractivity contribution in [3.05, 3.63) is 47.5 Å². The van der Waals surface area contributed by atoms with E-state index >= 15 is 0 Å². The minimum atomic E-state index is -3.58. The number of hydrogen-bond acceptors (Lipinski definition) is 8. The summed E-state index contributed by atoms with van der Waals surface area (Å²) in [5.41, 5.74) is 12.2. The van der Waals surface area contributed by atoms with Gasteiger partial charge < -0.3 is 31.6 Å². The van der Waals surface area contributed by atoms with Crippen LogP contribution in [0.2, 0.25) is 0 Å². The first-order valence-corrected chi connectivity index (χ1v) is 11.1. The molecular formula is C20H26N4O6S. The number of hydrogen-bond donors (Lipinski definition) is 4. The van der Waals surface area contributed by atoms with Gasteiger partial charge in [-0.2, -0.15) is 0 Å². The molecule has 168 valence electrons. The van der Waals surface area contributed by atoms with E-state index in [0.29, 0.717) is 34.0 Å². The highest BCUT2D eigenvalue weighted by Crippen LogP contribution is 2.29. The van der Waals surface area contributed by atoms with Crippen molar-refractivity contribution in [3.63, 3.8) is 0 Å². The third-order valence-corrected chi connectivity index (χ3v) is 5.77. The molecule has 0 saturated carbocycles. The van der Waals surface area contributed by atoms with Gasteiger partial charge in [-0.3, -0.25) is 9.59 Å². The first-order chi connectivity index (χ1) is 14.7. The van der Waals surface area contributed by atoms with E-state index in [2.05, 4.69) is 10.6 Å². The Morgan fingerprint density at radius 3 is 1.52 bits per heavy atom. The molecule has 0 spiro atoms. The quantitative estimate of drug-likeness (QED) is 0.409. The summed E-state index contributed by atoms with van der Waals surface area (Å²) >= 11 is 0. The number of ether oxygens (including phenoxy) is 2. The lowest BCUT2D eigenvalue weighted by molar-refractivity contribution is -0.115. The maximum Gasteiger partial charge on any atom is 0.238 e. The summed E-state index contributed by atoms with van der Waals surface area (Å²) in [7, 11) is -0.707. The number of nitrogens with two attached hydrogens (primary N) is 2.